The minimum atomic E-state index is -1.05. The Morgan fingerprint density at radius 1 is 0.973 bits per heavy atom. The van der Waals surface area contributed by atoms with E-state index in [1.165, 1.54) is 6.08 Å². The van der Waals surface area contributed by atoms with Crippen molar-refractivity contribution in [3.63, 3.8) is 0 Å². The Morgan fingerprint density at radius 2 is 1.59 bits per heavy atom. The van der Waals surface area contributed by atoms with E-state index in [9.17, 15) is 24.9 Å². The number of aliphatic hydroxyl groups excluding tert-OH is 3. The topological polar surface area (TPSA) is 146 Å². The SMILES string of the molecule is CC(=CC(=O)OCCCCCCCCCCC(=O)O)CC1OCC(CC2O[C@@H]2C(C)C(C)O)C(O)C1O. The minimum absolute atomic E-state index is 0.0185. The molecule has 2 fully saturated rings. The van der Waals surface area contributed by atoms with Crippen LogP contribution in [0.5, 0.6) is 0 Å². The molecular weight excluding hydrogens is 480 g/mol. The van der Waals surface area contributed by atoms with E-state index in [-0.39, 0.29) is 30.5 Å². The molecule has 2 rings (SSSR count). The predicted molar refractivity (Wildman–Crippen MR) is 138 cm³/mol. The fraction of sp³-hybridized carbons (Fsp3) is 0.857. The van der Waals surface area contributed by atoms with Crippen molar-refractivity contribution in [2.45, 2.75) is 128 Å². The summed E-state index contributed by atoms with van der Waals surface area (Å²) >= 11 is 0. The molecule has 0 saturated carbocycles. The second kappa shape index (κ2) is 16.4. The molecule has 7 unspecified atom stereocenters. The fourth-order valence-electron chi connectivity index (χ4n) is 4.94. The van der Waals surface area contributed by atoms with Gasteiger partial charge in [0.05, 0.1) is 43.7 Å². The van der Waals surface area contributed by atoms with Gasteiger partial charge in [-0.05, 0) is 39.5 Å². The predicted octanol–water partition coefficient (Wildman–Crippen LogP) is 3.37. The first kappa shape index (κ1) is 31.7. The van der Waals surface area contributed by atoms with Crippen LogP contribution >= 0.6 is 0 Å². The maximum atomic E-state index is 12.1. The van der Waals surface area contributed by atoms with Gasteiger partial charge in [0.15, 0.2) is 0 Å². The van der Waals surface area contributed by atoms with Crippen LogP contribution in [0.1, 0.15) is 91.4 Å². The summed E-state index contributed by atoms with van der Waals surface area (Å²) in [5, 5.41) is 39.5. The van der Waals surface area contributed by atoms with E-state index in [2.05, 4.69) is 0 Å². The number of carbonyl (C=O) groups is 2. The smallest absolute Gasteiger partial charge is 0.330 e. The summed E-state index contributed by atoms with van der Waals surface area (Å²) in [5.74, 6) is -1.37. The number of carboxylic acid groups (broad SMARTS) is 1. The van der Waals surface area contributed by atoms with Crippen molar-refractivity contribution in [2.75, 3.05) is 13.2 Å². The third kappa shape index (κ3) is 11.8. The molecular formula is C28H48O9. The molecule has 0 spiro atoms. The average molecular weight is 529 g/mol. The van der Waals surface area contributed by atoms with Gasteiger partial charge in [-0.25, -0.2) is 4.79 Å². The molecule has 2 aliphatic heterocycles. The molecule has 0 aliphatic carbocycles. The molecule has 0 aromatic carbocycles. The van der Waals surface area contributed by atoms with Crippen LogP contribution in [0.4, 0.5) is 0 Å². The highest BCUT2D eigenvalue weighted by molar-refractivity contribution is 5.82. The number of hydrogen-bond donors (Lipinski definition) is 4. The van der Waals surface area contributed by atoms with E-state index < -0.39 is 36.4 Å². The van der Waals surface area contributed by atoms with Gasteiger partial charge in [-0.2, -0.15) is 0 Å². The molecule has 0 bridgehead atoms. The quantitative estimate of drug-likeness (QED) is 0.0910. The number of unbranched alkanes of at least 4 members (excludes halogenated alkanes) is 7. The largest absolute Gasteiger partial charge is 0.481 e. The molecule has 0 radical (unpaired) electrons. The molecule has 214 valence electrons. The summed E-state index contributed by atoms with van der Waals surface area (Å²) in [6.45, 7) is 6.13. The lowest BCUT2D eigenvalue weighted by Gasteiger charge is -2.38. The van der Waals surface area contributed by atoms with Crippen LogP contribution in [-0.2, 0) is 23.8 Å². The van der Waals surface area contributed by atoms with Crippen LogP contribution in [0.25, 0.3) is 0 Å². The summed E-state index contributed by atoms with van der Waals surface area (Å²) in [4.78, 5) is 22.6. The van der Waals surface area contributed by atoms with E-state index in [1.54, 1.807) is 13.8 Å². The monoisotopic (exact) mass is 528 g/mol. The highest BCUT2D eigenvalue weighted by Crippen LogP contribution is 2.38. The highest BCUT2D eigenvalue weighted by Gasteiger charge is 2.48. The normalized spacial score (nSPS) is 29.5. The fourth-order valence-corrected chi connectivity index (χ4v) is 4.94. The maximum absolute atomic E-state index is 12.1. The number of hydrogen-bond acceptors (Lipinski definition) is 8. The van der Waals surface area contributed by atoms with Crippen molar-refractivity contribution >= 4 is 11.9 Å². The third-order valence-corrected chi connectivity index (χ3v) is 7.59. The van der Waals surface area contributed by atoms with E-state index in [0.29, 0.717) is 26.1 Å². The maximum Gasteiger partial charge on any atom is 0.330 e. The summed E-state index contributed by atoms with van der Waals surface area (Å²) in [7, 11) is 0. The van der Waals surface area contributed by atoms with Crippen LogP contribution in [-0.4, -0.2) is 82.2 Å². The first-order chi connectivity index (χ1) is 17.6. The number of ether oxygens (including phenoxy) is 3. The molecule has 0 amide bonds. The summed E-state index contributed by atoms with van der Waals surface area (Å²) in [6, 6.07) is 0. The van der Waals surface area contributed by atoms with Gasteiger partial charge in [-0.15, -0.1) is 0 Å². The Balaban J connectivity index is 1.56. The first-order valence-corrected chi connectivity index (χ1v) is 14.0. The van der Waals surface area contributed by atoms with Crippen molar-refractivity contribution in [2.24, 2.45) is 11.8 Å². The van der Waals surface area contributed by atoms with Crippen molar-refractivity contribution in [3.05, 3.63) is 11.6 Å². The zero-order chi connectivity index (χ0) is 27.4. The molecule has 9 nitrogen and oxygen atoms in total. The number of epoxide rings is 1. The molecule has 2 heterocycles. The van der Waals surface area contributed by atoms with Crippen LogP contribution in [0.3, 0.4) is 0 Å². The zero-order valence-electron chi connectivity index (χ0n) is 22.7. The van der Waals surface area contributed by atoms with E-state index in [4.69, 9.17) is 19.3 Å². The van der Waals surface area contributed by atoms with Crippen molar-refractivity contribution < 1.29 is 44.2 Å². The van der Waals surface area contributed by atoms with Gasteiger partial charge >= 0.3 is 11.9 Å². The third-order valence-electron chi connectivity index (χ3n) is 7.59. The Kier molecular flexibility index (Phi) is 14.1. The van der Waals surface area contributed by atoms with E-state index in [0.717, 1.165) is 56.9 Å². The minimum Gasteiger partial charge on any atom is -0.481 e. The molecule has 2 saturated heterocycles. The lowest BCUT2D eigenvalue weighted by molar-refractivity contribution is -0.165. The molecule has 8 atom stereocenters. The second-order valence-corrected chi connectivity index (χ2v) is 10.9. The Hall–Kier alpha value is -1.52. The first-order valence-electron chi connectivity index (χ1n) is 14.0. The number of esters is 1. The van der Waals surface area contributed by atoms with Crippen molar-refractivity contribution in [1.82, 2.24) is 0 Å². The average Bonchev–Trinajstić information content (AvgIpc) is 3.60. The summed E-state index contributed by atoms with van der Waals surface area (Å²) in [6.07, 6.45) is 7.28. The van der Waals surface area contributed by atoms with Crippen LogP contribution in [0, 0.1) is 11.8 Å². The highest BCUT2D eigenvalue weighted by atomic mass is 16.6. The molecule has 9 heteroatoms. The van der Waals surface area contributed by atoms with Crippen molar-refractivity contribution in [1.29, 1.82) is 0 Å². The van der Waals surface area contributed by atoms with E-state index >= 15 is 0 Å². The second-order valence-electron chi connectivity index (χ2n) is 10.9. The van der Waals surface area contributed by atoms with Crippen molar-refractivity contribution in [3.8, 4) is 0 Å². The molecule has 2 aliphatic rings. The van der Waals surface area contributed by atoms with E-state index in [1.807, 2.05) is 6.92 Å². The summed E-state index contributed by atoms with van der Waals surface area (Å²) < 4.78 is 16.8. The van der Waals surface area contributed by atoms with Gasteiger partial charge in [0.1, 0.15) is 6.10 Å². The van der Waals surface area contributed by atoms with Crippen LogP contribution in [0.2, 0.25) is 0 Å². The molecule has 4 N–H and O–H groups in total. The Bertz CT molecular complexity index is 722. The molecule has 0 aromatic rings. The van der Waals surface area contributed by atoms with Gasteiger partial charge in [0, 0.05) is 24.3 Å². The number of carboxylic acids is 1. The van der Waals surface area contributed by atoms with Crippen LogP contribution in [0.15, 0.2) is 11.6 Å². The lowest BCUT2D eigenvalue weighted by atomic mass is 9.85. The lowest BCUT2D eigenvalue weighted by Crippen LogP contribution is -2.50. The number of aliphatic carboxylic acids is 1. The van der Waals surface area contributed by atoms with Gasteiger partial charge in [0.2, 0.25) is 0 Å². The number of carbonyl (C=O) groups excluding carboxylic acids is 1. The molecule has 0 aromatic heterocycles. The van der Waals surface area contributed by atoms with Gasteiger partial charge in [-0.1, -0.05) is 51.0 Å². The Morgan fingerprint density at radius 3 is 2.22 bits per heavy atom. The zero-order valence-corrected chi connectivity index (χ0v) is 22.7. The van der Waals surface area contributed by atoms with Gasteiger partial charge in [-0.3, -0.25) is 4.79 Å². The molecule has 37 heavy (non-hydrogen) atoms. The number of rotatable bonds is 18. The standard InChI is InChI=1S/C28H48O9/c1-18(15-25(32)35-13-11-9-7-5-4-6-8-10-12-24(30)31)14-22-27(34)26(33)21(17-36-22)16-23-28(37-23)19(2)20(3)29/h15,19-23,26-29,33-34H,4-14,16-17H2,1-3H3,(H,30,31)/t19?,20?,21?,22?,23?,26?,27?,28-/m1/s1. The summed E-state index contributed by atoms with van der Waals surface area (Å²) in [5.41, 5.74) is 0.721. The van der Waals surface area contributed by atoms with Gasteiger partial charge < -0.3 is 34.6 Å². The van der Waals surface area contributed by atoms with Crippen LogP contribution < -0.4 is 0 Å². The Labute approximate surface area is 221 Å². The number of aliphatic hydroxyl groups is 3. The van der Waals surface area contributed by atoms with Gasteiger partial charge in [0.25, 0.3) is 0 Å².